The topological polar surface area (TPSA) is 46.5 Å². The molecule has 0 bridgehead atoms. The van der Waals surface area contributed by atoms with Gasteiger partial charge in [-0.25, -0.2) is 0 Å². The second-order valence-electron chi connectivity index (χ2n) is 3.86. The lowest BCUT2D eigenvalue weighted by atomic mass is 10.2. The summed E-state index contributed by atoms with van der Waals surface area (Å²) in [5.74, 6) is 19.8. The summed E-state index contributed by atoms with van der Waals surface area (Å²) in [5.41, 5.74) is 0. The van der Waals surface area contributed by atoms with Crippen LogP contribution in [0.4, 0.5) is 0 Å². The normalized spacial score (nSPS) is 9.85. The lowest BCUT2D eigenvalue weighted by Gasteiger charge is -2.08. The van der Waals surface area contributed by atoms with E-state index in [0.29, 0.717) is 0 Å². The third-order valence-corrected chi connectivity index (χ3v) is 1.78. The van der Waals surface area contributed by atoms with Crippen LogP contribution in [0.2, 0.25) is 0 Å². The van der Waals surface area contributed by atoms with Gasteiger partial charge in [0.25, 0.3) is 0 Å². The zero-order chi connectivity index (χ0) is 15.2. The highest BCUT2D eigenvalue weighted by molar-refractivity contribution is 5.71. The van der Waals surface area contributed by atoms with Crippen LogP contribution in [-0.4, -0.2) is 23.8 Å². The third-order valence-electron chi connectivity index (χ3n) is 1.78. The van der Waals surface area contributed by atoms with Gasteiger partial charge in [-0.3, -0.25) is 4.79 Å². The van der Waals surface area contributed by atoms with Crippen LogP contribution in [-0.2, 0) is 9.53 Å². The molecule has 0 saturated heterocycles. The summed E-state index contributed by atoms with van der Waals surface area (Å²) in [6.45, 7) is 5.06. The molecule has 0 spiro atoms. The maximum atomic E-state index is 11.1. The number of carbonyl (C=O) groups excluding carboxylic acids is 1. The molecule has 3 nitrogen and oxygen atoms in total. The van der Waals surface area contributed by atoms with E-state index >= 15 is 0 Å². The first-order valence-corrected chi connectivity index (χ1v) is 6.01. The number of allylic oxidation sites excluding steroid dienone is 1. The number of aliphatic hydroxyl groups is 1. The highest BCUT2D eigenvalue weighted by Crippen LogP contribution is 1.97. The Bertz CT molecular complexity index is 581. The molecule has 0 aliphatic carbocycles. The molecular weight excluding hydrogens is 252 g/mol. The van der Waals surface area contributed by atoms with Crippen LogP contribution in [0.3, 0.4) is 0 Å². The van der Waals surface area contributed by atoms with Gasteiger partial charge < -0.3 is 9.84 Å². The van der Waals surface area contributed by atoms with Gasteiger partial charge in [0.2, 0.25) is 0 Å². The van der Waals surface area contributed by atoms with Crippen molar-refractivity contribution < 1.29 is 14.6 Å². The van der Waals surface area contributed by atoms with Gasteiger partial charge >= 0.3 is 5.97 Å². The summed E-state index contributed by atoms with van der Waals surface area (Å²) in [5, 5.41) is 9.47. The van der Waals surface area contributed by atoms with E-state index in [-0.39, 0.29) is 18.5 Å². The summed E-state index contributed by atoms with van der Waals surface area (Å²) in [7, 11) is 0. The maximum absolute atomic E-state index is 11.1. The van der Waals surface area contributed by atoms with E-state index in [9.17, 15) is 9.90 Å². The van der Waals surface area contributed by atoms with Crippen molar-refractivity contribution in [2.45, 2.75) is 26.9 Å². The third kappa shape index (κ3) is 10.6. The van der Waals surface area contributed by atoms with E-state index in [4.69, 9.17) is 4.74 Å². The molecule has 0 aromatic heterocycles. The van der Waals surface area contributed by atoms with Crippen molar-refractivity contribution in [1.82, 2.24) is 0 Å². The minimum absolute atomic E-state index is 0.0813. The summed E-state index contributed by atoms with van der Waals surface area (Å²) in [6, 6.07) is 0. The Morgan fingerprint density at radius 1 is 1.15 bits per heavy atom. The van der Waals surface area contributed by atoms with Crippen molar-refractivity contribution in [3.63, 3.8) is 0 Å². The van der Waals surface area contributed by atoms with E-state index in [1.807, 2.05) is 0 Å². The molecule has 0 amide bonds. The molecule has 102 valence electrons. The van der Waals surface area contributed by atoms with Crippen LogP contribution in [0, 0.1) is 53.3 Å². The zero-order valence-electron chi connectivity index (χ0n) is 11.8. The molecule has 0 radical (unpaired) electrons. The molecular formula is C17H16O3. The highest BCUT2D eigenvalue weighted by atomic mass is 16.5. The van der Waals surface area contributed by atoms with Gasteiger partial charge in [0, 0.05) is 0 Å². The summed E-state index contributed by atoms with van der Waals surface area (Å²) < 4.78 is 4.85. The van der Waals surface area contributed by atoms with Gasteiger partial charge in [0.05, 0.1) is 5.92 Å². The van der Waals surface area contributed by atoms with Crippen molar-refractivity contribution in [3.05, 3.63) is 12.2 Å². The fraction of sp³-hybridized carbons (Fsp3) is 0.353. The van der Waals surface area contributed by atoms with Gasteiger partial charge in [0.15, 0.2) is 0 Å². The van der Waals surface area contributed by atoms with E-state index < -0.39 is 6.10 Å². The summed E-state index contributed by atoms with van der Waals surface area (Å²) >= 11 is 0. The number of hydrogen-bond acceptors (Lipinski definition) is 3. The lowest BCUT2D eigenvalue weighted by Crippen LogP contribution is -2.19. The van der Waals surface area contributed by atoms with Crippen LogP contribution in [0.15, 0.2) is 12.2 Å². The smallest absolute Gasteiger partial charge is 0.308 e. The predicted octanol–water partition coefficient (Wildman–Crippen LogP) is 1.14. The van der Waals surface area contributed by atoms with E-state index in [2.05, 4.69) is 47.4 Å². The number of aliphatic hydroxyl groups excluding tert-OH is 1. The van der Waals surface area contributed by atoms with Gasteiger partial charge in [-0.1, -0.05) is 25.7 Å². The van der Waals surface area contributed by atoms with Crippen LogP contribution < -0.4 is 0 Å². The monoisotopic (exact) mass is 268 g/mol. The molecule has 1 N–H and O–H groups in total. The largest absolute Gasteiger partial charge is 0.462 e. The number of ether oxygens (including phenoxy) is 1. The number of carbonyl (C=O) groups is 1. The van der Waals surface area contributed by atoms with Crippen LogP contribution in [0.5, 0.6) is 0 Å². The fourth-order valence-corrected chi connectivity index (χ4v) is 0.814. The van der Waals surface area contributed by atoms with E-state index in [1.54, 1.807) is 20.8 Å². The first-order valence-electron chi connectivity index (χ1n) is 6.01. The van der Waals surface area contributed by atoms with E-state index in [0.717, 1.165) is 0 Å². The predicted molar refractivity (Wildman–Crippen MR) is 77.7 cm³/mol. The zero-order valence-corrected chi connectivity index (χ0v) is 11.8. The lowest BCUT2D eigenvalue weighted by molar-refractivity contribution is -0.149. The quantitative estimate of drug-likeness (QED) is 0.614. The van der Waals surface area contributed by atoms with Crippen LogP contribution in [0.25, 0.3) is 0 Å². The molecule has 0 heterocycles. The first kappa shape index (κ1) is 17.4. The SMILES string of the molecule is CC#CC#CC#CC#C/C=C/[C@H](O)COC(=O)C(C)C. The Balaban J connectivity index is 4.10. The molecule has 0 fully saturated rings. The molecule has 1 atom stereocenters. The summed E-state index contributed by atoms with van der Waals surface area (Å²) in [6.07, 6.45) is 2.00. The van der Waals surface area contributed by atoms with Gasteiger partial charge in [0.1, 0.15) is 12.7 Å². The molecule has 0 unspecified atom stereocenters. The molecule has 20 heavy (non-hydrogen) atoms. The average molecular weight is 268 g/mol. The number of hydrogen-bond donors (Lipinski definition) is 1. The molecule has 0 aromatic carbocycles. The van der Waals surface area contributed by atoms with Crippen molar-refractivity contribution in [2.75, 3.05) is 6.61 Å². The Morgan fingerprint density at radius 3 is 2.35 bits per heavy atom. The Labute approximate surface area is 120 Å². The van der Waals surface area contributed by atoms with Crippen LogP contribution >= 0.6 is 0 Å². The van der Waals surface area contributed by atoms with Crippen molar-refractivity contribution in [3.8, 4) is 47.4 Å². The minimum atomic E-state index is -0.875. The second kappa shape index (κ2) is 11.5. The van der Waals surface area contributed by atoms with E-state index in [1.165, 1.54) is 12.2 Å². The van der Waals surface area contributed by atoms with Crippen molar-refractivity contribution in [2.24, 2.45) is 5.92 Å². The molecule has 0 aliphatic heterocycles. The molecule has 0 aliphatic rings. The fourth-order valence-electron chi connectivity index (χ4n) is 0.814. The van der Waals surface area contributed by atoms with Gasteiger partial charge in [-0.2, -0.15) is 0 Å². The van der Waals surface area contributed by atoms with Crippen molar-refractivity contribution in [1.29, 1.82) is 0 Å². The molecule has 0 aromatic rings. The second-order valence-corrected chi connectivity index (χ2v) is 3.86. The molecule has 0 saturated carbocycles. The minimum Gasteiger partial charge on any atom is -0.462 e. The molecule has 3 heteroatoms. The average Bonchev–Trinajstić information content (AvgIpc) is 2.42. The Hall–Kier alpha value is -2.59. The molecule has 0 rings (SSSR count). The van der Waals surface area contributed by atoms with Gasteiger partial charge in [-0.15, -0.1) is 0 Å². The van der Waals surface area contributed by atoms with Crippen molar-refractivity contribution >= 4 is 5.97 Å². The van der Waals surface area contributed by atoms with Gasteiger partial charge in [-0.05, 0) is 54.6 Å². The number of rotatable bonds is 4. The Kier molecular flexibility index (Phi) is 10.0. The maximum Gasteiger partial charge on any atom is 0.308 e. The first-order chi connectivity index (χ1) is 9.57. The standard InChI is InChI=1S/C17H16O3/c1-4-5-6-7-8-9-10-11-12-13-16(18)14-20-17(19)15(2)3/h12-13,15-16,18H,14H2,1-3H3/b13-12+/t16-/m0/s1. The Morgan fingerprint density at radius 2 is 1.75 bits per heavy atom. The number of esters is 1. The van der Waals surface area contributed by atoms with Crippen LogP contribution in [0.1, 0.15) is 20.8 Å². The summed E-state index contributed by atoms with van der Waals surface area (Å²) in [4.78, 5) is 11.1. The highest BCUT2D eigenvalue weighted by Gasteiger charge is 2.09.